The van der Waals surface area contributed by atoms with Gasteiger partial charge in [-0.3, -0.25) is 0 Å². The Kier molecular flexibility index (Phi) is 12.0. The number of hydrogen-bond acceptors (Lipinski definition) is 4. The smallest absolute Gasteiger partial charge is 0.329 e. The van der Waals surface area contributed by atoms with Gasteiger partial charge < -0.3 is 19.3 Å². The van der Waals surface area contributed by atoms with Gasteiger partial charge in [0.1, 0.15) is 12.7 Å². The molecule has 114 valence electrons. The fourth-order valence-electron chi connectivity index (χ4n) is 1.67. The number of aliphatic carboxylic acids is 1. The minimum absolute atomic E-state index is 0.309. The third-order valence-electron chi connectivity index (χ3n) is 2.67. The second-order valence-electron chi connectivity index (χ2n) is 5.10. The summed E-state index contributed by atoms with van der Waals surface area (Å²) in [5.74, 6) is -0.216. The van der Waals surface area contributed by atoms with E-state index in [-0.39, 0.29) is 12.7 Å². The van der Waals surface area contributed by atoms with E-state index in [4.69, 9.17) is 19.3 Å². The van der Waals surface area contributed by atoms with Gasteiger partial charge in [0.2, 0.25) is 0 Å². The molecule has 0 aliphatic carbocycles. The van der Waals surface area contributed by atoms with E-state index in [1.165, 1.54) is 19.3 Å². The molecule has 0 aliphatic rings. The van der Waals surface area contributed by atoms with Crippen molar-refractivity contribution in [3.05, 3.63) is 0 Å². The zero-order valence-corrected chi connectivity index (χ0v) is 12.4. The molecule has 0 aromatic rings. The molecule has 19 heavy (non-hydrogen) atoms. The fraction of sp³-hybridized carbons (Fsp3) is 0.929. The SMILES string of the molecule is COCC(COCCCCCC(C)C)OCC(=O)O. The molecular weight excluding hydrogens is 248 g/mol. The second-order valence-corrected chi connectivity index (χ2v) is 5.10. The summed E-state index contributed by atoms with van der Waals surface area (Å²) >= 11 is 0. The molecule has 0 rings (SSSR count). The van der Waals surface area contributed by atoms with Crippen LogP contribution in [0.3, 0.4) is 0 Å². The highest BCUT2D eigenvalue weighted by Crippen LogP contribution is 2.08. The number of methoxy groups -OCH3 is 1. The Labute approximate surface area is 116 Å². The molecule has 5 heteroatoms. The summed E-state index contributed by atoms with van der Waals surface area (Å²) < 4.78 is 15.6. The molecule has 1 unspecified atom stereocenters. The van der Waals surface area contributed by atoms with Crippen LogP contribution in [0.25, 0.3) is 0 Å². The van der Waals surface area contributed by atoms with Crippen LogP contribution in [0, 0.1) is 5.92 Å². The average Bonchev–Trinajstić information content (AvgIpc) is 2.34. The van der Waals surface area contributed by atoms with Crippen LogP contribution in [0.1, 0.15) is 39.5 Å². The molecule has 0 amide bonds. The van der Waals surface area contributed by atoms with E-state index in [9.17, 15) is 4.79 Å². The van der Waals surface area contributed by atoms with Crippen molar-refractivity contribution in [2.75, 3.05) is 33.5 Å². The van der Waals surface area contributed by atoms with Crippen LogP contribution in [0.5, 0.6) is 0 Å². The fourth-order valence-corrected chi connectivity index (χ4v) is 1.67. The van der Waals surface area contributed by atoms with Gasteiger partial charge in [0.15, 0.2) is 0 Å². The molecule has 0 spiro atoms. The summed E-state index contributed by atoms with van der Waals surface area (Å²) in [6.07, 6.45) is 4.39. The van der Waals surface area contributed by atoms with Gasteiger partial charge in [-0.15, -0.1) is 0 Å². The Bertz CT molecular complexity index is 218. The van der Waals surface area contributed by atoms with Crippen LogP contribution in [0.4, 0.5) is 0 Å². The predicted molar refractivity (Wildman–Crippen MR) is 73.4 cm³/mol. The third-order valence-corrected chi connectivity index (χ3v) is 2.67. The lowest BCUT2D eigenvalue weighted by atomic mass is 10.1. The molecule has 0 fully saturated rings. The zero-order valence-electron chi connectivity index (χ0n) is 12.4. The molecular formula is C14H28O5. The van der Waals surface area contributed by atoms with Gasteiger partial charge in [-0.25, -0.2) is 4.79 Å². The average molecular weight is 276 g/mol. The summed E-state index contributed by atoms with van der Waals surface area (Å²) in [5.41, 5.74) is 0. The van der Waals surface area contributed by atoms with Gasteiger partial charge >= 0.3 is 5.97 Å². The molecule has 0 aliphatic heterocycles. The molecule has 0 heterocycles. The highest BCUT2D eigenvalue weighted by atomic mass is 16.6. The van der Waals surface area contributed by atoms with Crippen molar-refractivity contribution in [3.8, 4) is 0 Å². The maximum atomic E-state index is 10.4. The minimum Gasteiger partial charge on any atom is -0.480 e. The molecule has 0 aromatic heterocycles. The van der Waals surface area contributed by atoms with Gasteiger partial charge in [-0.2, -0.15) is 0 Å². The van der Waals surface area contributed by atoms with Crippen LogP contribution >= 0.6 is 0 Å². The van der Waals surface area contributed by atoms with Gasteiger partial charge in [-0.1, -0.05) is 33.1 Å². The molecule has 0 saturated heterocycles. The van der Waals surface area contributed by atoms with E-state index in [0.29, 0.717) is 19.8 Å². The van der Waals surface area contributed by atoms with Gasteiger partial charge in [0.05, 0.1) is 13.2 Å². The summed E-state index contributed by atoms with van der Waals surface area (Å²) in [6.45, 7) is 5.56. The standard InChI is InChI=1S/C14H28O5/c1-12(2)7-5-4-6-8-18-10-13(9-17-3)19-11-14(15)16/h12-13H,4-11H2,1-3H3,(H,15,16). The maximum Gasteiger partial charge on any atom is 0.329 e. The van der Waals surface area contributed by atoms with Crippen molar-refractivity contribution >= 4 is 5.97 Å². The number of carbonyl (C=O) groups is 1. The first-order chi connectivity index (χ1) is 9.06. The van der Waals surface area contributed by atoms with Crippen molar-refractivity contribution in [1.29, 1.82) is 0 Å². The van der Waals surface area contributed by atoms with E-state index in [0.717, 1.165) is 12.3 Å². The molecule has 0 saturated carbocycles. The largest absolute Gasteiger partial charge is 0.480 e. The summed E-state index contributed by atoms with van der Waals surface area (Å²) in [6, 6.07) is 0. The molecule has 1 atom stereocenters. The van der Waals surface area contributed by atoms with Gasteiger partial charge in [-0.05, 0) is 12.3 Å². The Morgan fingerprint density at radius 2 is 1.89 bits per heavy atom. The summed E-state index contributed by atoms with van der Waals surface area (Å²) in [7, 11) is 1.56. The summed E-state index contributed by atoms with van der Waals surface area (Å²) in [4.78, 5) is 10.4. The van der Waals surface area contributed by atoms with Crippen molar-refractivity contribution in [3.63, 3.8) is 0 Å². The molecule has 0 bridgehead atoms. The number of unbranched alkanes of at least 4 members (excludes halogenated alkanes) is 2. The van der Waals surface area contributed by atoms with E-state index >= 15 is 0 Å². The number of ether oxygens (including phenoxy) is 3. The number of carboxylic acid groups (broad SMARTS) is 1. The third kappa shape index (κ3) is 13.6. The Morgan fingerprint density at radius 1 is 1.16 bits per heavy atom. The Balaban J connectivity index is 3.49. The minimum atomic E-state index is -0.977. The Hall–Kier alpha value is -0.650. The summed E-state index contributed by atoms with van der Waals surface area (Å²) in [5, 5.41) is 8.54. The van der Waals surface area contributed by atoms with Crippen molar-refractivity contribution in [1.82, 2.24) is 0 Å². The topological polar surface area (TPSA) is 65.0 Å². The first-order valence-corrected chi connectivity index (χ1v) is 6.96. The van der Waals surface area contributed by atoms with Crippen molar-refractivity contribution in [2.24, 2.45) is 5.92 Å². The lowest BCUT2D eigenvalue weighted by Gasteiger charge is -2.16. The highest BCUT2D eigenvalue weighted by molar-refractivity contribution is 5.68. The highest BCUT2D eigenvalue weighted by Gasteiger charge is 2.11. The normalized spacial score (nSPS) is 12.8. The molecule has 0 aromatic carbocycles. The van der Waals surface area contributed by atoms with Crippen LogP contribution in [-0.2, 0) is 19.0 Å². The lowest BCUT2D eigenvalue weighted by molar-refractivity contribution is -0.147. The Morgan fingerprint density at radius 3 is 2.47 bits per heavy atom. The van der Waals surface area contributed by atoms with Crippen LogP contribution < -0.4 is 0 Å². The van der Waals surface area contributed by atoms with Crippen molar-refractivity contribution < 1.29 is 24.1 Å². The van der Waals surface area contributed by atoms with Crippen LogP contribution in [0.15, 0.2) is 0 Å². The molecule has 5 nitrogen and oxygen atoms in total. The monoisotopic (exact) mass is 276 g/mol. The second kappa shape index (κ2) is 12.4. The van der Waals surface area contributed by atoms with Gasteiger partial charge in [0, 0.05) is 13.7 Å². The van der Waals surface area contributed by atoms with Crippen molar-refractivity contribution in [2.45, 2.75) is 45.6 Å². The number of rotatable bonds is 13. The van der Waals surface area contributed by atoms with Gasteiger partial charge in [0.25, 0.3) is 0 Å². The molecule has 0 radical (unpaired) electrons. The van der Waals surface area contributed by atoms with E-state index in [2.05, 4.69) is 13.8 Å². The maximum absolute atomic E-state index is 10.4. The zero-order chi connectivity index (χ0) is 14.5. The predicted octanol–water partition coefficient (Wildman–Crippen LogP) is 2.34. The van der Waals surface area contributed by atoms with Crippen LogP contribution in [-0.4, -0.2) is 50.7 Å². The van der Waals surface area contributed by atoms with Crippen LogP contribution in [0.2, 0.25) is 0 Å². The number of hydrogen-bond donors (Lipinski definition) is 1. The first kappa shape index (κ1) is 18.4. The van der Waals surface area contributed by atoms with E-state index in [1.54, 1.807) is 7.11 Å². The van der Waals surface area contributed by atoms with E-state index < -0.39 is 5.97 Å². The van der Waals surface area contributed by atoms with E-state index in [1.807, 2.05) is 0 Å². The quantitative estimate of drug-likeness (QED) is 0.523. The first-order valence-electron chi connectivity index (χ1n) is 6.96. The lowest BCUT2D eigenvalue weighted by Crippen LogP contribution is -2.27. The molecule has 1 N–H and O–H groups in total. The number of carboxylic acids is 1.